The Morgan fingerprint density at radius 1 is 1.40 bits per heavy atom. The summed E-state index contributed by atoms with van der Waals surface area (Å²) in [5.41, 5.74) is -0.730. The maximum Gasteiger partial charge on any atom is 0.243 e. The van der Waals surface area contributed by atoms with Crippen LogP contribution in [0.2, 0.25) is 0 Å². The van der Waals surface area contributed by atoms with Crippen LogP contribution in [0.3, 0.4) is 0 Å². The van der Waals surface area contributed by atoms with Gasteiger partial charge in [-0.1, -0.05) is 12.8 Å². The van der Waals surface area contributed by atoms with Crippen LogP contribution < -0.4 is 0 Å². The lowest BCUT2D eigenvalue weighted by atomic mass is 9.86. The Hall–Kier alpha value is -1.12. The third-order valence-electron chi connectivity index (χ3n) is 4.44. The molecule has 2 rings (SSSR count). The highest BCUT2D eigenvalue weighted by atomic mass is 16.5. The average molecular weight is 280 g/mol. The number of carbonyl (C=O) groups excluding carboxylic acids is 1. The summed E-state index contributed by atoms with van der Waals surface area (Å²) in [6.45, 7) is 3.37. The standard InChI is InChI=1S/C15H24N2O3/c1-19-8-9-20-11-13-4-7-17(10-13)14(18)15(12-16)5-2-3-6-15/h13H,2-11H2,1H3. The second kappa shape index (κ2) is 7.05. The van der Waals surface area contributed by atoms with Gasteiger partial charge in [-0.15, -0.1) is 0 Å². The van der Waals surface area contributed by atoms with Gasteiger partial charge in [0.05, 0.1) is 25.9 Å². The Labute approximate surface area is 120 Å². The van der Waals surface area contributed by atoms with Gasteiger partial charge in [0.1, 0.15) is 5.41 Å². The minimum atomic E-state index is -0.730. The van der Waals surface area contributed by atoms with Crippen molar-refractivity contribution in [3.05, 3.63) is 0 Å². The van der Waals surface area contributed by atoms with Gasteiger partial charge < -0.3 is 14.4 Å². The highest BCUT2D eigenvalue weighted by Gasteiger charge is 2.45. The second-order valence-corrected chi connectivity index (χ2v) is 5.87. The van der Waals surface area contributed by atoms with E-state index in [4.69, 9.17) is 9.47 Å². The molecule has 1 heterocycles. The summed E-state index contributed by atoms with van der Waals surface area (Å²) in [5.74, 6) is 0.449. The van der Waals surface area contributed by atoms with Gasteiger partial charge in [0, 0.05) is 26.1 Å². The summed E-state index contributed by atoms with van der Waals surface area (Å²) >= 11 is 0. The van der Waals surface area contributed by atoms with Crippen LogP contribution in [-0.4, -0.2) is 50.8 Å². The van der Waals surface area contributed by atoms with E-state index in [2.05, 4.69) is 6.07 Å². The highest BCUT2D eigenvalue weighted by molar-refractivity contribution is 5.86. The molecule has 20 heavy (non-hydrogen) atoms. The molecule has 0 bridgehead atoms. The summed E-state index contributed by atoms with van der Waals surface area (Å²) in [4.78, 5) is 14.4. The number of nitriles is 1. The lowest BCUT2D eigenvalue weighted by molar-refractivity contribution is -0.137. The van der Waals surface area contributed by atoms with Crippen molar-refractivity contribution in [1.82, 2.24) is 4.90 Å². The quantitative estimate of drug-likeness (QED) is 0.693. The Morgan fingerprint density at radius 3 is 2.80 bits per heavy atom. The number of carbonyl (C=O) groups is 1. The lowest BCUT2D eigenvalue weighted by Gasteiger charge is -2.26. The van der Waals surface area contributed by atoms with E-state index in [1.54, 1.807) is 7.11 Å². The number of hydrogen-bond donors (Lipinski definition) is 0. The van der Waals surface area contributed by atoms with Gasteiger partial charge in [-0.2, -0.15) is 5.26 Å². The molecule has 1 atom stereocenters. The van der Waals surface area contributed by atoms with E-state index in [-0.39, 0.29) is 5.91 Å². The number of rotatable bonds is 6. The minimum absolute atomic E-state index is 0.0527. The Balaban J connectivity index is 1.80. The van der Waals surface area contributed by atoms with Gasteiger partial charge in [-0.05, 0) is 19.3 Å². The van der Waals surface area contributed by atoms with E-state index in [0.717, 1.165) is 45.2 Å². The van der Waals surface area contributed by atoms with E-state index in [9.17, 15) is 10.1 Å². The number of nitrogens with zero attached hydrogens (tertiary/aromatic N) is 2. The van der Waals surface area contributed by atoms with Crippen LogP contribution in [0.25, 0.3) is 0 Å². The molecule has 112 valence electrons. The van der Waals surface area contributed by atoms with Crippen molar-refractivity contribution < 1.29 is 14.3 Å². The highest BCUT2D eigenvalue weighted by Crippen LogP contribution is 2.40. The second-order valence-electron chi connectivity index (χ2n) is 5.87. The van der Waals surface area contributed by atoms with Crippen LogP contribution in [0.15, 0.2) is 0 Å². The number of ether oxygens (including phenoxy) is 2. The lowest BCUT2D eigenvalue weighted by Crippen LogP contribution is -2.41. The fourth-order valence-electron chi connectivity index (χ4n) is 3.20. The smallest absolute Gasteiger partial charge is 0.243 e. The summed E-state index contributed by atoms with van der Waals surface area (Å²) in [5, 5.41) is 9.38. The monoisotopic (exact) mass is 280 g/mol. The van der Waals surface area contributed by atoms with Crippen LogP contribution in [-0.2, 0) is 14.3 Å². The fraction of sp³-hybridized carbons (Fsp3) is 0.867. The summed E-state index contributed by atoms with van der Waals surface area (Å²) in [7, 11) is 1.66. The van der Waals surface area contributed by atoms with Crippen LogP contribution in [0.4, 0.5) is 0 Å². The van der Waals surface area contributed by atoms with Gasteiger partial charge in [0.2, 0.25) is 5.91 Å². The van der Waals surface area contributed by atoms with Crippen molar-refractivity contribution in [2.75, 3.05) is 40.0 Å². The molecule has 0 aromatic rings. The topological polar surface area (TPSA) is 62.6 Å². The molecule has 5 nitrogen and oxygen atoms in total. The third kappa shape index (κ3) is 3.31. The minimum Gasteiger partial charge on any atom is -0.382 e. The predicted octanol–water partition coefficient (Wildman–Crippen LogP) is 1.58. The summed E-state index contributed by atoms with van der Waals surface area (Å²) in [6, 6.07) is 2.29. The molecular weight excluding hydrogens is 256 g/mol. The van der Waals surface area contributed by atoms with Gasteiger partial charge in [0.15, 0.2) is 0 Å². The van der Waals surface area contributed by atoms with Gasteiger partial charge in [-0.25, -0.2) is 0 Å². The molecule has 0 spiro atoms. The Bertz CT molecular complexity index is 372. The largest absolute Gasteiger partial charge is 0.382 e. The van der Waals surface area contributed by atoms with Crippen molar-refractivity contribution in [1.29, 1.82) is 5.26 Å². The SMILES string of the molecule is COCCOCC1CCN(C(=O)C2(C#N)CCCC2)C1. The summed E-state index contributed by atoms with van der Waals surface area (Å²) < 4.78 is 10.5. The molecule has 1 saturated heterocycles. The van der Waals surface area contributed by atoms with Gasteiger partial charge >= 0.3 is 0 Å². The average Bonchev–Trinajstić information content (AvgIpc) is 3.12. The fourth-order valence-corrected chi connectivity index (χ4v) is 3.20. The zero-order chi connectivity index (χ0) is 14.4. The van der Waals surface area contributed by atoms with E-state index < -0.39 is 5.41 Å². The maximum absolute atomic E-state index is 12.6. The first-order chi connectivity index (χ1) is 9.72. The number of methoxy groups -OCH3 is 1. The van der Waals surface area contributed by atoms with Gasteiger partial charge in [-0.3, -0.25) is 4.79 Å². The molecule has 1 aliphatic carbocycles. The molecule has 2 aliphatic rings. The van der Waals surface area contributed by atoms with Crippen molar-refractivity contribution >= 4 is 5.91 Å². The van der Waals surface area contributed by atoms with Crippen LogP contribution in [0, 0.1) is 22.7 Å². The molecule has 0 aromatic carbocycles. The summed E-state index contributed by atoms with van der Waals surface area (Å²) in [6.07, 6.45) is 4.43. The van der Waals surface area contributed by atoms with Crippen LogP contribution >= 0.6 is 0 Å². The van der Waals surface area contributed by atoms with Crippen molar-refractivity contribution in [3.63, 3.8) is 0 Å². The normalized spacial score (nSPS) is 24.8. The van der Waals surface area contributed by atoms with Crippen molar-refractivity contribution in [2.24, 2.45) is 11.3 Å². The van der Waals surface area contributed by atoms with E-state index in [1.807, 2.05) is 4.90 Å². The number of amides is 1. The molecule has 1 unspecified atom stereocenters. The van der Waals surface area contributed by atoms with Crippen molar-refractivity contribution in [3.8, 4) is 6.07 Å². The molecule has 0 radical (unpaired) electrons. The Kier molecular flexibility index (Phi) is 5.38. The van der Waals surface area contributed by atoms with Crippen LogP contribution in [0.1, 0.15) is 32.1 Å². The first-order valence-electron chi connectivity index (χ1n) is 7.49. The van der Waals surface area contributed by atoms with Crippen LogP contribution in [0.5, 0.6) is 0 Å². The zero-order valence-corrected chi connectivity index (χ0v) is 12.3. The molecule has 0 aromatic heterocycles. The Morgan fingerprint density at radius 2 is 2.15 bits per heavy atom. The molecule has 1 saturated carbocycles. The molecule has 2 fully saturated rings. The van der Waals surface area contributed by atoms with Crippen molar-refractivity contribution in [2.45, 2.75) is 32.1 Å². The van der Waals surface area contributed by atoms with E-state index >= 15 is 0 Å². The predicted molar refractivity (Wildman–Crippen MR) is 73.9 cm³/mol. The molecule has 1 amide bonds. The number of hydrogen-bond acceptors (Lipinski definition) is 4. The molecule has 5 heteroatoms. The number of likely N-dealkylation sites (tertiary alicyclic amines) is 1. The zero-order valence-electron chi connectivity index (χ0n) is 12.3. The molecular formula is C15H24N2O3. The van der Waals surface area contributed by atoms with Gasteiger partial charge in [0.25, 0.3) is 0 Å². The third-order valence-corrected chi connectivity index (χ3v) is 4.44. The first kappa shape index (κ1) is 15.3. The van der Waals surface area contributed by atoms with E-state index in [1.165, 1.54) is 0 Å². The first-order valence-corrected chi connectivity index (χ1v) is 7.49. The molecule has 0 N–H and O–H groups in total. The maximum atomic E-state index is 12.6. The van der Waals surface area contributed by atoms with E-state index in [0.29, 0.717) is 25.7 Å². The molecule has 1 aliphatic heterocycles.